The predicted octanol–water partition coefficient (Wildman–Crippen LogP) is 1.44. The van der Waals surface area contributed by atoms with Crippen LogP contribution in [0.3, 0.4) is 0 Å². The van der Waals surface area contributed by atoms with Crippen molar-refractivity contribution in [3.05, 3.63) is 24.0 Å². The molecule has 0 amide bonds. The SMILES string of the molecule is O[B]c1cnc2[nH]ccc2c1/C(=N\NC1CC1)C1C2CC3CC1CC(O)(C3)C2. The van der Waals surface area contributed by atoms with Gasteiger partial charge in [0.15, 0.2) is 0 Å². The second-order valence-electron chi connectivity index (χ2n) is 9.58. The molecule has 0 spiro atoms. The fraction of sp³-hybridized carbons (Fsp3) is 0.619. The Hall–Kier alpha value is -1.86. The smallest absolute Gasteiger partial charge is 0.329 e. The van der Waals surface area contributed by atoms with E-state index in [2.05, 4.69) is 15.4 Å². The van der Waals surface area contributed by atoms with E-state index in [-0.39, 0.29) is 0 Å². The average molecular weight is 377 g/mol. The largest absolute Gasteiger partial charge is 0.450 e. The first-order chi connectivity index (χ1) is 13.6. The minimum Gasteiger partial charge on any atom is -0.450 e. The quantitative estimate of drug-likeness (QED) is 0.360. The van der Waals surface area contributed by atoms with Crippen molar-refractivity contribution in [2.45, 2.75) is 56.6 Å². The summed E-state index contributed by atoms with van der Waals surface area (Å²) in [5, 5.41) is 27.0. The van der Waals surface area contributed by atoms with E-state index in [0.717, 1.165) is 54.5 Å². The van der Waals surface area contributed by atoms with E-state index < -0.39 is 5.60 Å². The van der Waals surface area contributed by atoms with Crippen LogP contribution in [0.4, 0.5) is 0 Å². The molecule has 6 nitrogen and oxygen atoms in total. The molecule has 2 aromatic heterocycles. The fourth-order valence-corrected chi connectivity index (χ4v) is 6.51. The summed E-state index contributed by atoms with van der Waals surface area (Å²) in [6, 6.07) is 2.50. The molecule has 5 fully saturated rings. The molecule has 2 aromatic rings. The Bertz CT molecular complexity index is 937. The number of nitrogens with zero attached hydrogens (tertiary/aromatic N) is 2. The van der Waals surface area contributed by atoms with Gasteiger partial charge in [-0.1, -0.05) is 0 Å². The van der Waals surface area contributed by atoms with Gasteiger partial charge in [-0.15, -0.1) is 0 Å². The van der Waals surface area contributed by atoms with Crippen LogP contribution in [0.25, 0.3) is 11.0 Å². The van der Waals surface area contributed by atoms with Crippen LogP contribution in [-0.2, 0) is 0 Å². The van der Waals surface area contributed by atoms with E-state index in [1.54, 1.807) is 6.20 Å². The highest BCUT2D eigenvalue weighted by atomic mass is 16.3. The number of H-pyrrole nitrogens is 1. The predicted molar refractivity (Wildman–Crippen MR) is 108 cm³/mol. The van der Waals surface area contributed by atoms with Crippen LogP contribution in [0.15, 0.2) is 23.6 Å². The molecule has 0 aromatic carbocycles. The van der Waals surface area contributed by atoms with Crippen molar-refractivity contribution in [3.63, 3.8) is 0 Å². The maximum atomic E-state index is 11.0. The third-order valence-corrected chi connectivity index (χ3v) is 7.51. The van der Waals surface area contributed by atoms with Gasteiger partial charge in [0.2, 0.25) is 0 Å². The van der Waals surface area contributed by atoms with Gasteiger partial charge in [0.1, 0.15) is 5.65 Å². The van der Waals surface area contributed by atoms with Gasteiger partial charge < -0.3 is 20.5 Å². The van der Waals surface area contributed by atoms with Crippen molar-refractivity contribution < 1.29 is 10.1 Å². The van der Waals surface area contributed by atoms with E-state index in [1.807, 2.05) is 12.3 Å². The molecule has 1 radical (unpaired) electrons. The molecule has 2 atom stereocenters. The first-order valence-electron chi connectivity index (χ1n) is 10.6. The summed E-state index contributed by atoms with van der Waals surface area (Å²) < 4.78 is 0. The van der Waals surface area contributed by atoms with Crippen molar-refractivity contribution >= 4 is 29.7 Å². The highest BCUT2D eigenvalue weighted by Crippen LogP contribution is 2.59. The number of hydrazone groups is 1. The van der Waals surface area contributed by atoms with Crippen molar-refractivity contribution in [1.29, 1.82) is 0 Å². The zero-order valence-electron chi connectivity index (χ0n) is 15.9. The summed E-state index contributed by atoms with van der Waals surface area (Å²) >= 11 is 0. The zero-order chi connectivity index (χ0) is 18.9. The Morgan fingerprint density at radius 1 is 1.25 bits per heavy atom. The average Bonchev–Trinajstić information content (AvgIpc) is 3.36. The molecule has 2 unspecified atom stereocenters. The van der Waals surface area contributed by atoms with Crippen molar-refractivity contribution in [1.82, 2.24) is 15.4 Å². The number of aromatic amines is 1. The van der Waals surface area contributed by atoms with E-state index in [9.17, 15) is 10.1 Å². The Morgan fingerprint density at radius 2 is 2.04 bits per heavy atom. The van der Waals surface area contributed by atoms with Crippen molar-refractivity contribution in [2.75, 3.05) is 0 Å². The Morgan fingerprint density at radius 3 is 2.71 bits per heavy atom. The third-order valence-electron chi connectivity index (χ3n) is 7.51. The molecule has 2 heterocycles. The molecular formula is C21H26BN4O2. The number of nitrogens with one attached hydrogen (secondary N) is 2. The summed E-state index contributed by atoms with van der Waals surface area (Å²) in [7, 11) is 1.16. The first kappa shape index (κ1) is 17.0. The molecule has 7 heteroatoms. The van der Waals surface area contributed by atoms with Crippen LogP contribution in [0.1, 0.15) is 50.5 Å². The van der Waals surface area contributed by atoms with Gasteiger partial charge in [0, 0.05) is 35.3 Å². The minimum atomic E-state index is -0.463. The van der Waals surface area contributed by atoms with Crippen LogP contribution in [0.5, 0.6) is 0 Å². The molecule has 0 saturated heterocycles. The molecule has 145 valence electrons. The standard InChI is InChI=1S/C21H26BN4O2/c27-21-7-11-5-12(8-21)17(13(6-11)9-21)19(26-25-14-1-2-14)18-15-3-4-23-20(15)24-10-16(18)22-28/h3-4,10-14,17,25,27-28H,1-2,5-9H2,(H,23,24)/b26-19-. The second-order valence-corrected chi connectivity index (χ2v) is 9.58. The van der Waals surface area contributed by atoms with Gasteiger partial charge >= 0.3 is 7.48 Å². The van der Waals surface area contributed by atoms with Crippen LogP contribution < -0.4 is 10.9 Å². The van der Waals surface area contributed by atoms with Gasteiger partial charge in [-0.05, 0) is 74.2 Å². The number of pyridine rings is 1. The monoisotopic (exact) mass is 377 g/mol. The number of aliphatic hydroxyl groups is 1. The van der Waals surface area contributed by atoms with Gasteiger partial charge in [-0.3, -0.25) is 0 Å². The minimum absolute atomic E-state index is 0.322. The summed E-state index contributed by atoms with van der Waals surface area (Å²) in [4.78, 5) is 7.64. The number of aromatic nitrogens is 2. The normalized spacial score (nSPS) is 36.9. The van der Waals surface area contributed by atoms with Crippen LogP contribution in [0, 0.1) is 23.7 Å². The highest BCUT2D eigenvalue weighted by molar-refractivity contribution is 6.49. The maximum Gasteiger partial charge on any atom is 0.329 e. The van der Waals surface area contributed by atoms with E-state index in [0.29, 0.717) is 29.7 Å². The van der Waals surface area contributed by atoms with Gasteiger partial charge in [-0.25, -0.2) is 4.98 Å². The summed E-state index contributed by atoms with van der Waals surface area (Å²) in [6.07, 6.45) is 11.1. The molecular weight excluding hydrogens is 351 g/mol. The number of fused-ring (bicyclic) bond motifs is 1. The molecule has 28 heavy (non-hydrogen) atoms. The fourth-order valence-electron chi connectivity index (χ4n) is 6.51. The molecule has 5 saturated carbocycles. The van der Waals surface area contributed by atoms with Crippen LogP contribution >= 0.6 is 0 Å². The van der Waals surface area contributed by atoms with E-state index >= 15 is 0 Å². The van der Waals surface area contributed by atoms with Crippen LogP contribution in [0.2, 0.25) is 0 Å². The Balaban J connectivity index is 1.49. The van der Waals surface area contributed by atoms with Crippen molar-refractivity contribution in [2.24, 2.45) is 28.8 Å². The second kappa shape index (κ2) is 6.07. The molecule has 0 aliphatic heterocycles. The lowest BCUT2D eigenvalue weighted by molar-refractivity contribution is -0.137. The summed E-state index contributed by atoms with van der Waals surface area (Å²) in [6.45, 7) is 0. The molecule has 5 aliphatic carbocycles. The van der Waals surface area contributed by atoms with E-state index in [4.69, 9.17) is 5.10 Å². The lowest BCUT2D eigenvalue weighted by Crippen LogP contribution is -2.57. The maximum absolute atomic E-state index is 11.0. The van der Waals surface area contributed by atoms with Gasteiger partial charge in [-0.2, -0.15) is 5.10 Å². The number of hydrogen-bond donors (Lipinski definition) is 4. The van der Waals surface area contributed by atoms with E-state index in [1.165, 1.54) is 25.7 Å². The van der Waals surface area contributed by atoms with Crippen LogP contribution in [-0.4, -0.2) is 44.9 Å². The molecule has 4 bridgehead atoms. The number of rotatable bonds is 5. The highest BCUT2D eigenvalue weighted by Gasteiger charge is 2.56. The lowest BCUT2D eigenvalue weighted by atomic mass is 9.49. The number of hydrogen-bond acceptors (Lipinski definition) is 5. The zero-order valence-corrected chi connectivity index (χ0v) is 15.9. The first-order valence-corrected chi connectivity index (χ1v) is 10.6. The van der Waals surface area contributed by atoms with Crippen molar-refractivity contribution in [3.8, 4) is 0 Å². The Labute approximate surface area is 165 Å². The topological polar surface area (TPSA) is 93.5 Å². The Kier molecular flexibility index (Phi) is 3.69. The summed E-state index contributed by atoms with van der Waals surface area (Å²) in [5.41, 5.74) is 6.50. The third kappa shape index (κ3) is 2.63. The molecule has 7 rings (SSSR count). The molecule has 4 N–H and O–H groups in total. The molecule has 5 aliphatic rings. The van der Waals surface area contributed by atoms with Gasteiger partial charge in [0.25, 0.3) is 0 Å². The summed E-state index contributed by atoms with van der Waals surface area (Å²) in [5.74, 6) is 1.90. The van der Waals surface area contributed by atoms with Gasteiger partial charge in [0.05, 0.1) is 11.3 Å². The lowest BCUT2D eigenvalue weighted by Gasteiger charge is -2.58.